The van der Waals surface area contributed by atoms with Crippen LogP contribution in [-0.4, -0.2) is 17.9 Å². The lowest BCUT2D eigenvalue weighted by atomic mass is 10.1. The molecule has 1 aromatic rings. The topological polar surface area (TPSA) is 52.3 Å². The average molecular weight is 250 g/mol. The van der Waals surface area contributed by atoms with E-state index >= 15 is 0 Å². The standard InChI is InChI=1S/C10H10ClF2NO2/c11-7(9(14)15)5-6-3-1-2-4-8(6)16-10(12)13/h1-4,7,10H,5H2,(H2,14,15). The number of amides is 1. The normalized spacial score (nSPS) is 12.5. The van der Waals surface area contributed by atoms with Gasteiger partial charge in [-0.25, -0.2) is 0 Å². The summed E-state index contributed by atoms with van der Waals surface area (Å²) in [5.41, 5.74) is 5.39. The van der Waals surface area contributed by atoms with Gasteiger partial charge in [0.2, 0.25) is 5.91 Å². The predicted molar refractivity (Wildman–Crippen MR) is 55.6 cm³/mol. The lowest BCUT2D eigenvalue weighted by molar-refractivity contribution is -0.117. The van der Waals surface area contributed by atoms with Crippen molar-refractivity contribution in [2.45, 2.75) is 18.4 Å². The van der Waals surface area contributed by atoms with Gasteiger partial charge in [-0.15, -0.1) is 11.6 Å². The fourth-order valence-corrected chi connectivity index (χ4v) is 1.34. The molecule has 1 unspecified atom stereocenters. The maximum atomic E-state index is 12.0. The Kier molecular flexibility index (Phi) is 4.49. The Hall–Kier alpha value is -1.36. The molecule has 0 aliphatic carbocycles. The van der Waals surface area contributed by atoms with Crippen molar-refractivity contribution < 1.29 is 18.3 Å². The maximum Gasteiger partial charge on any atom is 0.387 e. The molecule has 0 heterocycles. The molecule has 1 rings (SSSR count). The Morgan fingerprint density at radius 2 is 2.06 bits per heavy atom. The second-order valence-electron chi connectivity index (χ2n) is 3.06. The largest absolute Gasteiger partial charge is 0.435 e. The molecule has 88 valence electrons. The van der Waals surface area contributed by atoms with E-state index in [0.717, 1.165) is 0 Å². The number of hydrogen-bond donors (Lipinski definition) is 1. The highest BCUT2D eigenvalue weighted by atomic mass is 35.5. The van der Waals surface area contributed by atoms with Gasteiger partial charge in [0.1, 0.15) is 11.1 Å². The molecule has 0 aliphatic heterocycles. The number of alkyl halides is 3. The van der Waals surface area contributed by atoms with Crippen LogP contribution in [0.2, 0.25) is 0 Å². The van der Waals surface area contributed by atoms with E-state index in [9.17, 15) is 13.6 Å². The zero-order valence-electron chi connectivity index (χ0n) is 8.20. The molecule has 0 radical (unpaired) electrons. The van der Waals surface area contributed by atoms with Crippen LogP contribution in [0.3, 0.4) is 0 Å². The van der Waals surface area contributed by atoms with Crippen molar-refractivity contribution in [2.24, 2.45) is 5.73 Å². The third-order valence-electron chi connectivity index (χ3n) is 1.90. The summed E-state index contributed by atoms with van der Waals surface area (Å²) >= 11 is 5.64. The summed E-state index contributed by atoms with van der Waals surface area (Å²) < 4.78 is 28.4. The van der Waals surface area contributed by atoms with Crippen molar-refractivity contribution in [3.05, 3.63) is 29.8 Å². The lowest BCUT2D eigenvalue weighted by Gasteiger charge is -2.11. The monoisotopic (exact) mass is 249 g/mol. The summed E-state index contributed by atoms with van der Waals surface area (Å²) in [5.74, 6) is -0.696. The van der Waals surface area contributed by atoms with Crippen LogP contribution in [0.1, 0.15) is 5.56 Å². The number of benzene rings is 1. The predicted octanol–water partition coefficient (Wildman–Crippen LogP) is 1.92. The number of halogens is 3. The Balaban J connectivity index is 2.82. The zero-order valence-corrected chi connectivity index (χ0v) is 8.95. The van der Waals surface area contributed by atoms with Gasteiger partial charge in [-0.05, 0) is 11.6 Å². The number of para-hydroxylation sites is 1. The highest BCUT2D eigenvalue weighted by Crippen LogP contribution is 2.22. The van der Waals surface area contributed by atoms with Gasteiger partial charge in [-0.2, -0.15) is 8.78 Å². The molecular weight excluding hydrogens is 240 g/mol. The van der Waals surface area contributed by atoms with E-state index in [-0.39, 0.29) is 12.2 Å². The van der Waals surface area contributed by atoms with Crippen molar-refractivity contribution in [1.82, 2.24) is 0 Å². The first-order valence-electron chi connectivity index (χ1n) is 4.47. The van der Waals surface area contributed by atoms with Crippen molar-refractivity contribution >= 4 is 17.5 Å². The number of ether oxygens (including phenoxy) is 1. The van der Waals surface area contributed by atoms with E-state index in [1.807, 2.05) is 0 Å². The molecule has 0 saturated heterocycles. The van der Waals surface area contributed by atoms with Crippen molar-refractivity contribution in [3.63, 3.8) is 0 Å². The molecule has 0 aromatic heterocycles. The van der Waals surface area contributed by atoms with Crippen molar-refractivity contribution in [3.8, 4) is 5.75 Å². The molecule has 1 amide bonds. The van der Waals surface area contributed by atoms with Crippen LogP contribution in [0.5, 0.6) is 5.75 Å². The number of carbonyl (C=O) groups excluding carboxylic acids is 1. The number of carbonyl (C=O) groups is 1. The van der Waals surface area contributed by atoms with Crippen LogP contribution in [0.15, 0.2) is 24.3 Å². The molecule has 2 N–H and O–H groups in total. The minimum atomic E-state index is -2.91. The summed E-state index contributed by atoms with van der Waals surface area (Å²) in [7, 11) is 0. The maximum absolute atomic E-state index is 12.0. The Morgan fingerprint density at radius 1 is 1.44 bits per heavy atom. The van der Waals surface area contributed by atoms with Crippen LogP contribution < -0.4 is 10.5 Å². The molecule has 0 aliphatic rings. The van der Waals surface area contributed by atoms with Gasteiger partial charge in [-0.3, -0.25) is 4.79 Å². The molecule has 1 atom stereocenters. The minimum absolute atomic E-state index is 0.00407. The van der Waals surface area contributed by atoms with Gasteiger partial charge < -0.3 is 10.5 Å². The molecule has 16 heavy (non-hydrogen) atoms. The summed E-state index contributed by atoms with van der Waals surface area (Å²) in [4.78, 5) is 10.7. The lowest BCUT2D eigenvalue weighted by Crippen LogP contribution is -2.25. The first-order valence-corrected chi connectivity index (χ1v) is 4.90. The molecule has 0 saturated carbocycles. The van der Waals surface area contributed by atoms with Crippen LogP contribution in [-0.2, 0) is 11.2 Å². The smallest absolute Gasteiger partial charge is 0.387 e. The molecule has 0 bridgehead atoms. The number of rotatable bonds is 5. The van der Waals surface area contributed by atoms with Crippen LogP contribution in [0.4, 0.5) is 8.78 Å². The summed E-state index contributed by atoms with van der Waals surface area (Å²) in [5, 5.41) is -0.942. The van der Waals surface area contributed by atoms with E-state index in [1.54, 1.807) is 18.2 Å². The van der Waals surface area contributed by atoms with E-state index in [1.165, 1.54) is 6.07 Å². The summed E-state index contributed by atoms with van der Waals surface area (Å²) in [6, 6.07) is 6.12. The quantitative estimate of drug-likeness (QED) is 0.811. The molecule has 3 nitrogen and oxygen atoms in total. The molecule has 6 heteroatoms. The molecule has 1 aromatic carbocycles. The molecule has 0 fully saturated rings. The zero-order chi connectivity index (χ0) is 12.1. The van der Waals surface area contributed by atoms with E-state index in [0.29, 0.717) is 5.56 Å². The Labute approximate surface area is 96.1 Å². The first-order chi connectivity index (χ1) is 7.50. The minimum Gasteiger partial charge on any atom is -0.435 e. The van der Waals surface area contributed by atoms with Gasteiger partial charge in [-0.1, -0.05) is 18.2 Å². The van der Waals surface area contributed by atoms with Gasteiger partial charge in [0.15, 0.2) is 0 Å². The fourth-order valence-electron chi connectivity index (χ4n) is 1.18. The third kappa shape index (κ3) is 3.66. The second kappa shape index (κ2) is 5.65. The number of hydrogen-bond acceptors (Lipinski definition) is 2. The van der Waals surface area contributed by atoms with Crippen LogP contribution in [0.25, 0.3) is 0 Å². The van der Waals surface area contributed by atoms with Crippen molar-refractivity contribution in [2.75, 3.05) is 0 Å². The highest BCUT2D eigenvalue weighted by molar-refractivity contribution is 6.30. The van der Waals surface area contributed by atoms with E-state index in [2.05, 4.69) is 4.74 Å². The third-order valence-corrected chi connectivity index (χ3v) is 2.27. The fraction of sp³-hybridized carbons (Fsp3) is 0.300. The van der Waals surface area contributed by atoms with Crippen LogP contribution >= 0.6 is 11.6 Å². The van der Waals surface area contributed by atoms with Crippen LogP contribution in [0, 0.1) is 0 Å². The SMILES string of the molecule is NC(=O)C(Cl)Cc1ccccc1OC(F)F. The Bertz CT molecular complexity index is 374. The molecule has 0 spiro atoms. The summed E-state index contributed by atoms with van der Waals surface area (Å²) in [6.07, 6.45) is 0.0553. The summed E-state index contributed by atoms with van der Waals surface area (Å²) in [6.45, 7) is -2.91. The Morgan fingerprint density at radius 3 is 2.62 bits per heavy atom. The number of primary amides is 1. The van der Waals surface area contributed by atoms with E-state index in [4.69, 9.17) is 17.3 Å². The van der Waals surface area contributed by atoms with Crippen molar-refractivity contribution in [1.29, 1.82) is 0 Å². The first kappa shape index (κ1) is 12.7. The van der Waals surface area contributed by atoms with Gasteiger partial charge in [0.05, 0.1) is 0 Å². The number of nitrogens with two attached hydrogens (primary N) is 1. The molecular formula is C10H10ClF2NO2. The van der Waals surface area contributed by atoms with E-state index < -0.39 is 17.9 Å². The van der Waals surface area contributed by atoms with Gasteiger partial charge in [0, 0.05) is 6.42 Å². The average Bonchev–Trinajstić information content (AvgIpc) is 2.20. The highest BCUT2D eigenvalue weighted by Gasteiger charge is 2.16. The van der Waals surface area contributed by atoms with Gasteiger partial charge in [0.25, 0.3) is 0 Å². The van der Waals surface area contributed by atoms with Gasteiger partial charge >= 0.3 is 6.61 Å². The second-order valence-corrected chi connectivity index (χ2v) is 3.59.